The van der Waals surface area contributed by atoms with E-state index in [0.717, 1.165) is 0 Å². The summed E-state index contributed by atoms with van der Waals surface area (Å²) in [5.41, 5.74) is 8.93. The number of benzene rings is 2. The van der Waals surface area contributed by atoms with Gasteiger partial charge in [0.2, 0.25) is 5.95 Å². The molecule has 0 unspecified atom stereocenters. The van der Waals surface area contributed by atoms with Gasteiger partial charge < -0.3 is 20.8 Å². The Bertz CT molecular complexity index is 1430. The number of nitrogens with one attached hydrogen (secondary N) is 2. The number of aromatic nitrogens is 4. The number of halogens is 1. The highest BCUT2D eigenvalue weighted by Gasteiger charge is 2.24. The van der Waals surface area contributed by atoms with E-state index in [0.29, 0.717) is 65.4 Å². The Morgan fingerprint density at radius 1 is 1.18 bits per heavy atom. The van der Waals surface area contributed by atoms with Gasteiger partial charge in [-0.2, -0.15) is 10.2 Å². The number of H-pyrrole nitrogens is 1. The highest BCUT2D eigenvalue weighted by atomic mass is 19.1. The van der Waals surface area contributed by atoms with Crippen molar-refractivity contribution in [2.45, 2.75) is 18.9 Å². The third-order valence-electron chi connectivity index (χ3n) is 5.67. The summed E-state index contributed by atoms with van der Waals surface area (Å²) < 4.78 is 20.9. The summed E-state index contributed by atoms with van der Waals surface area (Å²) in [6.07, 6.45) is 1.37. The molecule has 2 aromatic carbocycles. The number of fused-ring (bicyclic) bond motifs is 1. The normalized spacial score (nSPS) is 14.3. The van der Waals surface area contributed by atoms with Crippen LogP contribution in [0.4, 0.5) is 21.7 Å². The first-order valence-electron chi connectivity index (χ1n) is 10.5. The van der Waals surface area contributed by atoms with Crippen LogP contribution in [0.1, 0.15) is 24.4 Å². The van der Waals surface area contributed by atoms with Crippen molar-refractivity contribution >= 4 is 28.5 Å². The van der Waals surface area contributed by atoms with Crippen LogP contribution in [0.2, 0.25) is 0 Å². The van der Waals surface area contributed by atoms with Gasteiger partial charge in [-0.15, -0.1) is 0 Å². The zero-order valence-corrected chi connectivity index (χ0v) is 17.5. The lowest BCUT2D eigenvalue weighted by Gasteiger charge is -2.23. The Morgan fingerprint density at radius 2 is 1.94 bits per heavy atom. The lowest BCUT2D eigenvalue weighted by molar-refractivity contribution is 0.0697. The van der Waals surface area contributed by atoms with Gasteiger partial charge in [-0.1, -0.05) is 12.1 Å². The lowest BCUT2D eigenvalue weighted by atomic mass is 10.1. The summed E-state index contributed by atoms with van der Waals surface area (Å²) in [5, 5.41) is 12.1. The largest absolute Gasteiger partial charge is 0.397 e. The van der Waals surface area contributed by atoms with Crippen molar-refractivity contribution in [2.24, 2.45) is 0 Å². The van der Waals surface area contributed by atoms with Gasteiger partial charge in [-0.05, 0) is 43.2 Å². The van der Waals surface area contributed by atoms with Crippen LogP contribution in [0.3, 0.4) is 0 Å². The summed E-state index contributed by atoms with van der Waals surface area (Å²) >= 11 is 0. The Hall–Kier alpha value is -4.23. The van der Waals surface area contributed by atoms with Crippen LogP contribution in [0.5, 0.6) is 0 Å². The molecule has 1 saturated heterocycles. The Balaban J connectivity index is 1.70. The molecule has 9 nitrogen and oxygen atoms in total. The molecule has 10 heteroatoms. The van der Waals surface area contributed by atoms with E-state index in [4.69, 9.17) is 15.7 Å². The molecular formula is C23H20FN7O2. The van der Waals surface area contributed by atoms with Crippen LogP contribution in [-0.4, -0.2) is 32.7 Å². The summed E-state index contributed by atoms with van der Waals surface area (Å²) in [4.78, 5) is 25.0. The van der Waals surface area contributed by atoms with Crippen LogP contribution >= 0.6 is 0 Å². The van der Waals surface area contributed by atoms with E-state index in [1.54, 1.807) is 28.8 Å². The van der Waals surface area contributed by atoms with Crippen LogP contribution < -0.4 is 16.7 Å². The van der Waals surface area contributed by atoms with E-state index < -0.39 is 5.82 Å². The molecule has 0 saturated carbocycles. The lowest BCUT2D eigenvalue weighted by Crippen LogP contribution is -2.27. The second-order valence-corrected chi connectivity index (χ2v) is 7.78. The summed E-state index contributed by atoms with van der Waals surface area (Å²) in [6, 6.07) is 12.8. The highest BCUT2D eigenvalue weighted by molar-refractivity contribution is 5.89. The number of nitriles is 1. The number of imidazole rings is 1. The number of nitrogen functional groups attached to an aromatic ring is 1. The molecule has 0 bridgehead atoms. The van der Waals surface area contributed by atoms with E-state index in [1.807, 2.05) is 0 Å². The molecule has 1 aliphatic heterocycles. The first-order valence-corrected chi connectivity index (χ1v) is 10.5. The molecule has 0 radical (unpaired) electrons. The predicted octanol–water partition coefficient (Wildman–Crippen LogP) is 3.47. The van der Waals surface area contributed by atoms with Crippen molar-refractivity contribution < 1.29 is 9.13 Å². The highest BCUT2D eigenvalue weighted by Crippen LogP contribution is 2.31. The molecule has 0 atom stereocenters. The Morgan fingerprint density at radius 3 is 2.67 bits per heavy atom. The van der Waals surface area contributed by atoms with Gasteiger partial charge in [-0.3, -0.25) is 4.57 Å². The third-order valence-corrected chi connectivity index (χ3v) is 5.67. The van der Waals surface area contributed by atoms with Crippen molar-refractivity contribution in [1.29, 1.82) is 5.26 Å². The maximum atomic E-state index is 13.8. The van der Waals surface area contributed by atoms with Crippen LogP contribution in [0, 0.1) is 17.1 Å². The molecule has 3 heterocycles. The van der Waals surface area contributed by atoms with Crippen LogP contribution in [0.15, 0.2) is 47.3 Å². The Labute approximate surface area is 187 Å². The quantitative estimate of drug-likeness (QED) is 0.409. The molecule has 4 N–H and O–H groups in total. The minimum Gasteiger partial charge on any atom is -0.397 e. The summed E-state index contributed by atoms with van der Waals surface area (Å²) in [6.45, 7) is 1.12. The number of rotatable bonds is 4. The fourth-order valence-electron chi connectivity index (χ4n) is 4.01. The van der Waals surface area contributed by atoms with E-state index in [9.17, 15) is 9.18 Å². The fourth-order valence-corrected chi connectivity index (χ4v) is 4.01. The first kappa shape index (κ1) is 20.7. The third kappa shape index (κ3) is 3.90. The minimum atomic E-state index is -0.458. The van der Waals surface area contributed by atoms with Crippen molar-refractivity contribution in [3.05, 3.63) is 64.3 Å². The fraction of sp³-hybridized carbons (Fsp3) is 0.217. The SMILES string of the molecule is N#Cc1ccc(-c2nc(Nc3cc(F)ccc3N)nc3c2[nH]c(=O)n3C2CCOCC2)cc1. The van der Waals surface area contributed by atoms with Crippen molar-refractivity contribution in [3.8, 4) is 17.3 Å². The topological polar surface area (TPSA) is 135 Å². The maximum Gasteiger partial charge on any atom is 0.327 e. The number of nitrogens with zero attached hydrogens (tertiary/aromatic N) is 4. The van der Waals surface area contributed by atoms with Gasteiger partial charge in [0.05, 0.1) is 23.0 Å². The number of nitrogens with two attached hydrogens (primary N) is 1. The molecule has 1 aliphatic rings. The number of ether oxygens (including phenoxy) is 1. The molecule has 5 rings (SSSR count). The van der Waals surface area contributed by atoms with E-state index in [2.05, 4.69) is 26.3 Å². The van der Waals surface area contributed by atoms with Gasteiger partial charge in [0, 0.05) is 24.8 Å². The summed E-state index contributed by atoms with van der Waals surface area (Å²) in [5.74, 6) is -0.292. The van der Waals surface area contributed by atoms with Crippen LogP contribution in [0.25, 0.3) is 22.4 Å². The monoisotopic (exact) mass is 445 g/mol. The minimum absolute atomic E-state index is 0.0733. The van der Waals surface area contributed by atoms with E-state index >= 15 is 0 Å². The number of anilines is 3. The standard InChI is InChI=1S/C23H20FN7O2/c24-15-5-6-17(26)18(11-15)27-22-28-19(14-3-1-13(12-25)2-4-14)20-21(30-22)31(23(32)29-20)16-7-9-33-10-8-16/h1-6,11,16H,7-10,26H2,(H,29,32)(H,27,28,30). The van der Waals surface area contributed by atoms with Gasteiger partial charge >= 0.3 is 5.69 Å². The first-order chi connectivity index (χ1) is 16.0. The summed E-state index contributed by atoms with van der Waals surface area (Å²) in [7, 11) is 0. The van der Waals surface area contributed by atoms with E-state index in [1.165, 1.54) is 18.2 Å². The predicted molar refractivity (Wildman–Crippen MR) is 121 cm³/mol. The smallest absolute Gasteiger partial charge is 0.327 e. The molecule has 1 fully saturated rings. The van der Waals surface area contributed by atoms with E-state index in [-0.39, 0.29) is 17.7 Å². The van der Waals surface area contributed by atoms with Crippen LogP contribution in [-0.2, 0) is 4.74 Å². The average molecular weight is 445 g/mol. The Kier molecular flexibility index (Phi) is 5.24. The second-order valence-electron chi connectivity index (χ2n) is 7.78. The molecule has 0 spiro atoms. The van der Waals surface area contributed by atoms with Crippen molar-refractivity contribution in [3.63, 3.8) is 0 Å². The molecule has 0 aliphatic carbocycles. The number of hydrogen-bond donors (Lipinski definition) is 3. The number of aromatic amines is 1. The van der Waals surface area contributed by atoms with Crippen molar-refractivity contribution in [2.75, 3.05) is 24.3 Å². The van der Waals surface area contributed by atoms with Gasteiger partial charge in [0.1, 0.15) is 17.0 Å². The van der Waals surface area contributed by atoms with Crippen molar-refractivity contribution in [1.82, 2.24) is 19.5 Å². The second kappa shape index (κ2) is 8.37. The zero-order valence-electron chi connectivity index (χ0n) is 17.5. The maximum absolute atomic E-state index is 13.8. The molecule has 4 aromatic rings. The molecule has 2 aromatic heterocycles. The molecule has 166 valence electrons. The molecule has 0 amide bonds. The average Bonchev–Trinajstić information content (AvgIpc) is 3.17. The van der Waals surface area contributed by atoms with Gasteiger partial charge in [0.25, 0.3) is 0 Å². The van der Waals surface area contributed by atoms with Gasteiger partial charge in [0.15, 0.2) is 5.65 Å². The molecule has 33 heavy (non-hydrogen) atoms. The van der Waals surface area contributed by atoms with Gasteiger partial charge in [-0.25, -0.2) is 14.2 Å². The number of hydrogen-bond acceptors (Lipinski definition) is 7. The zero-order chi connectivity index (χ0) is 22.9. The molecular weight excluding hydrogens is 425 g/mol.